The third kappa shape index (κ3) is 6.15. The number of pyridine rings is 1. The predicted octanol–water partition coefficient (Wildman–Crippen LogP) is 4.89. The van der Waals surface area contributed by atoms with Gasteiger partial charge in [0.2, 0.25) is 5.91 Å². The second-order valence-corrected chi connectivity index (χ2v) is 9.28. The molecule has 1 aromatic heterocycles. The lowest BCUT2D eigenvalue weighted by Crippen LogP contribution is -2.46. The van der Waals surface area contributed by atoms with Crippen LogP contribution >= 0.6 is 0 Å². The molecular weight excluding hydrogens is 511 g/mol. The van der Waals surface area contributed by atoms with Crippen LogP contribution in [0.15, 0.2) is 103 Å². The Kier molecular flexibility index (Phi) is 8.10. The highest BCUT2D eigenvalue weighted by atomic mass is 19.1. The average molecular weight is 539 g/mol. The van der Waals surface area contributed by atoms with Gasteiger partial charge in [0.15, 0.2) is 12.1 Å². The molecule has 3 amide bonds. The molecule has 40 heavy (non-hydrogen) atoms. The van der Waals surface area contributed by atoms with Gasteiger partial charge in [-0.1, -0.05) is 60.7 Å². The van der Waals surface area contributed by atoms with E-state index in [9.17, 15) is 18.8 Å². The van der Waals surface area contributed by atoms with Crippen LogP contribution in [-0.2, 0) is 22.5 Å². The molecule has 2 heterocycles. The molecule has 2 atom stereocenters. The van der Waals surface area contributed by atoms with Crippen molar-refractivity contribution in [2.45, 2.75) is 25.1 Å². The molecule has 9 heteroatoms. The zero-order valence-corrected chi connectivity index (χ0v) is 21.5. The number of nitrogens with one attached hydrogen (secondary N) is 2. The first-order chi connectivity index (χ1) is 19.5. The Morgan fingerprint density at radius 3 is 2.35 bits per heavy atom. The van der Waals surface area contributed by atoms with E-state index < -0.39 is 30.0 Å². The molecule has 4 aromatic rings. The Labute approximate surface area is 230 Å². The summed E-state index contributed by atoms with van der Waals surface area (Å²) in [6.07, 6.45) is 0.757. The summed E-state index contributed by atoms with van der Waals surface area (Å²) in [4.78, 5) is 44.7. The van der Waals surface area contributed by atoms with Gasteiger partial charge < -0.3 is 15.4 Å². The minimum absolute atomic E-state index is 0.0738. The SMILES string of the molecule is O=C(Nc1ccc(C2OC(=O)N(Cc3ccccc3)C2C(=O)NCCc2ccccn2)cc1)c1ccccc1F. The fourth-order valence-electron chi connectivity index (χ4n) is 4.55. The summed E-state index contributed by atoms with van der Waals surface area (Å²) in [6.45, 7) is 0.540. The quantitative estimate of drug-likeness (QED) is 0.316. The monoisotopic (exact) mass is 538 g/mol. The Balaban J connectivity index is 1.33. The number of hydrogen-bond donors (Lipinski definition) is 2. The molecule has 8 nitrogen and oxygen atoms in total. The number of carbonyl (C=O) groups excluding carboxylic acids is 3. The fraction of sp³-hybridized carbons (Fsp3) is 0.161. The molecule has 1 aliphatic rings. The number of rotatable bonds is 9. The number of hydrogen-bond acceptors (Lipinski definition) is 5. The van der Waals surface area contributed by atoms with Crippen LogP contribution in [0.4, 0.5) is 14.9 Å². The molecule has 3 aromatic carbocycles. The number of anilines is 1. The van der Waals surface area contributed by atoms with E-state index in [1.54, 1.807) is 36.5 Å². The number of cyclic esters (lactones) is 1. The lowest BCUT2D eigenvalue weighted by Gasteiger charge is -2.24. The number of ether oxygens (including phenoxy) is 1. The summed E-state index contributed by atoms with van der Waals surface area (Å²) in [6, 6.07) is 26.3. The van der Waals surface area contributed by atoms with Crippen LogP contribution in [0.3, 0.4) is 0 Å². The van der Waals surface area contributed by atoms with Crippen LogP contribution in [0.1, 0.15) is 33.3 Å². The first-order valence-electron chi connectivity index (χ1n) is 12.8. The predicted molar refractivity (Wildman–Crippen MR) is 147 cm³/mol. The van der Waals surface area contributed by atoms with E-state index in [-0.39, 0.29) is 18.0 Å². The van der Waals surface area contributed by atoms with Crippen molar-refractivity contribution in [2.24, 2.45) is 0 Å². The minimum atomic E-state index is -0.921. The molecule has 0 radical (unpaired) electrons. The highest BCUT2D eigenvalue weighted by molar-refractivity contribution is 6.04. The average Bonchev–Trinajstić information content (AvgIpc) is 3.30. The Morgan fingerprint density at radius 2 is 1.62 bits per heavy atom. The highest BCUT2D eigenvalue weighted by Gasteiger charge is 2.46. The number of halogens is 1. The van der Waals surface area contributed by atoms with Gasteiger partial charge in [-0.15, -0.1) is 0 Å². The summed E-state index contributed by atoms with van der Waals surface area (Å²) >= 11 is 0. The zero-order valence-electron chi connectivity index (χ0n) is 21.5. The Morgan fingerprint density at radius 1 is 0.900 bits per heavy atom. The van der Waals surface area contributed by atoms with Gasteiger partial charge in [0, 0.05) is 30.5 Å². The summed E-state index contributed by atoms with van der Waals surface area (Å²) < 4.78 is 19.7. The van der Waals surface area contributed by atoms with Crippen LogP contribution in [0, 0.1) is 5.82 Å². The molecule has 1 aliphatic heterocycles. The van der Waals surface area contributed by atoms with E-state index in [4.69, 9.17) is 4.74 Å². The van der Waals surface area contributed by atoms with Gasteiger partial charge in [0.1, 0.15) is 5.82 Å². The molecule has 2 N–H and O–H groups in total. The highest BCUT2D eigenvalue weighted by Crippen LogP contribution is 2.34. The van der Waals surface area contributed by atoms with Crippen molar-refractivity contribution in [1.82, 2.24) is 15.2 Å². The Bertz CT molecular complexity index is 1480. The van der Waals surface area contributed by atoms with Crippen LogP contribution in [0.2, 0.25) is 0 Å². The molecule has 0 bridgehead atoms. The maximum absolute atomic E-state index is 14.0. The molecular formula is C31H27FN4O4. The van der Waals surface area contributed by atoms with E-state index in [0.717, 1.165) is 11.3 Å². The maximum atomic E-state index is 14.0. The molecule has 5 rings (SSSR count). The van der Waals surface area contributed by atoms with Gasteiger partial charge >= 0.3 is 6.09 Å². The third-order valence-electron chi connectivity index (χ3n) is 6.57. The number of nitrogens with zero attached hydrogens (tertiary/aromatic N) is 2. The molecule has 0 aliphatic carbocycles. The van der Waals surface area contributed by atoms with Gasteiger partial charge in [0.05, 0.1) is 12.1 Å². The molecule has 0 saturated carbocycles. The number of amides is 3. The summed E-state index contributed by atoms with van der Waals surface area (Å²) in [5, 5.41) is 5.59. The van der Waals surface area contributed by atoms with E-state index in [0.29, 0.717) is 24.2 Å². The molecule has 1 saturated heterocycles. The van der Waals surface area contributed by atoms with Crippen molar-refractivity contribution in [3.8, 4) is 0 Å². The largest absolute Gasteiger partial charge is 0.438 e. The molecule has 0 spiro atoms. The van der Waals surface area contributed by atoms with Crippen LogP contribution in [0.5, 0.6) is 0 Å². The zero-order chi connectivity index (χ0) is 27.9. The van der Waals surface area contributed by atoms with E-state index in [2.05, 4.69) is 15.6 Å². The standard InChI is InChI=1S/C31H27FN4O4/c32-26-12-5-4-11-25(26)29(37)35-24-15-13-22(14-16-24)28-27(30(38)34-19-17-23-10-6-7-18-33-23)36(31(39)40-28)20-21-8-2-1-3-9-21/h1-16,18,27-28H,17,19-20H2,(H,34,38)(H,35,37). The third-order valence-corrected chi connectivity index (χ3v) is 6.57. The van der Waals surface area contributed by atoms with E-state index in [1.807, 2.05) is 48.5 Å². The number of carbonyl (C=O) groups is 3. The smallest absolute Gasteiger partial charge is 0.411 e. The second-order valence-electron chi connectivity index (χ2n) is 9.28. The van der Waals surface area contributed by atoms with Crippen molar-refractivity contribution in [3.05, 3.63) is 131 Å². The lowest BCUT2D eigenvalue weighted by atomic mass is 10.00. The molecule has 1 fully saturated rings. The molecule has 202 valence electrons. The molecule has 2 unspecified atom stereocenters. The van der Waals surface area contributed by atoms with Crippen molar-refractivity contribution in [1.29, 1.82) is 0 Å². The first kappa shape index (κ1) is 26.6. The van der Waals surface area contributed by atoms with Crippen LogP contribution in [0.25, 0.3) is 0 Å². The number of aromatic nitrogens is 1. The van der Waals surface area contributed by atoms with E-state index in [1.165, 1.54) is 23.1 Å². The van der Waals surface area contributed by atoms with Crippen molar-refractivity contribution in [2.75, 3.05) is 11.9 Å². The maximum Gasteiger partial charge on any atom is 0.411 e. The van der Waals surface area contributed by atoms with Crippen LogP contribution < -0.4 is 10.6 Å². The van der Waals surface area contributed by atoms with Gasteiger partial charge in [-0.25, -0.2) is 9.18 Å². The van der Waals surface area contributed by atoms with Crippen molar-refractivity contribution < 1.29 is 23.5 Å². The van der Waals surface area contributed by atoms with Gasteiger partial charge in [-0.2, -0.15) is 0 Å². The summed E-state index contributed by atoms with van der Waals surface area (Å²) in [7, 11) is 0. The first-order valence-corrected chi connectivity index (χ1v) is 12.8. The van der Waals surface area contributed by atoms with Gasteiger partial charge in [0.25, 0.3) is 5.91 Å². The number of benzene rings is 3. The van der Waals surface area contributed by atoms with E-state index >= 15 is 0 Å². The van der Waals surface area contributed by atoms with Crippen molar-refractivity contribution in [3.63, 3.8) is 0 Å². The minimum Gasteiger partial charge on any atom is -0.438 e. The lowest BCUT2D eigenvalue weighted by molar-refractivity contribution is -0.126. The van der Waals surface area contributed by atoms with Gasteiger partial charge in [-0.05, 0) is 47.5 Å². The fourth-order valence-corrected chi connectivity index (χ4v) is 4.55. The normalized spacial score (nSPS) is 16.3. The van der Waals surface area contributed by atoms with Crippen molar-refractivity contribution >= 4 is 23.6 Å². The summed E-state index contributed by atoms with van der Waals surface area (Å²) in [5.74, 6) is -1.55. The summed E-state index contributed by atoms with van der Waals surface area (Å²) in [5.41, 5.74) is 2.64. The Hall–Kier alpha value is -5.05. The topological polar surface area (TPSA) is 101 Å². The van der Waals surface area contributed by atoms with Crippen LogP contribution in [-0.4, -0.2) is 40.4 Å². The van der Waals surface area contributed by atoms with Gasteiger partial charge in [-0.3, -0.25) is 19.5 Å². The second kappa shape index (κ2) is 12.2.